The van der Waals surface area contributed by atoms with E-state index in [-0.39, 0.29) is 31.6 Å². The number of morpholine rings is 1. The van der Waals surface area contributed by atoms with Crippen molar-refractivity contribution >= 4 is 17.8 Å². The highest BCUT2D eigenvalue weighted by Crippen LogP contribution is 2.63. The Balaban J connectivity index is 1.55. The molecule has 2 N–H and O–H groups in total. The van der Waals surface area contributed by atoms with Crippen LogP contribution < -0.4 is 5.32 Å². The first-order chi connectivity index (χ1) is 15.4. The highest BCUT2D eigenvalue weighted by atomic mass is 16.6. The Morgan fingerprint density at radius 2 is 2.00 bits per heavy atom. The van der Waals surface area contributed by atoms with Gasteiger partial charge in [-0.05, 0) is 33.1 Å². The van der Waals surface area contributed by atoms with Gasteiger partial charge in [0.1, 0.15) is 17.6 Å². The van der Waals surface area contributed by atoms with Crippen molar-refractivity contribution in [2.24, 2.45) is 11.8 Å². The molecule has 4 aliphatic heterocycles. The predicted molar refractivity (Wildman–Crippen MR) is 113 cm³/mol. The predicted octanol–water partition coefficient (Wildman–Crippen LogP) is -0.855. The third kappa shape index (κ3) is 3.81. The second-order valence-electron chi connectivity index (χ2n) is 9.33. The molecule has 4 saturated heterocycles. The quantitative estimate of drug-likeness (QED) is 0.434. The largest absolute Gasteiger partial charge is 0.466 e. The minimum absolute atomic E-state index is 0.0906. The monoisotopic (exact) mass is 453 g/mol. The van der Waals surface area contributed by atoms with Crippen molar-refractivity contribution < 1.29 is 33.7 Å². The van der Waals surface area contributed by atoms with Crippen molar-refractivity contribution in [3.63, 3.8) is 0 Å². The molecule has 0 aliphatic carbocycles. The molecule has 0 aromatic rings. The highest BCUT2D eigenvalue weighted by molar-refractivity contribution is 5.98. The van der Waals surface area contributed by atoms with E-state index in [1.165, 1.54) is 4.90 Å². The molecule has 0 radical (unpaired) electrons. The molecule has 0 aromatic carbocycles. The zero-order chi connectivity index (χ0) is 22.9. The summed E-state index contributed by atoms with van der Waals surface area (Å²) in [6, 6.07) is -0.822. The molecular weight excluding hydrogens is 418 g/mol. The average Bonchev–Trinajstić information content (AvgIpc) is 3.34. The van der Waals surface area contributed by atoms with Crippen LogP contribution >= 0.6 is 0 Å². The van der Waals surface area contributed by atoms with Crippen LogP contribution in [0, 0.1) is 11.8 Å². The Kier molecular flexibility index (Phi) is 6.76. The van der Waals surface area contributed by atoms with Gasteiger partial charge in [-0.2, -0.15) is 0 Å². The fraction of sp³-hybridized carbons (Fsp3) is 0.864. The molecule has 10 nitrogen and oxygen atoms in total. The van der Waals surface area contributed by atoms with Gasteiger partial charge in [0.15, 0.2) is 0 Å². The maximum atomic E-state index is 13.5. The molecule has 180 valence electrons. The van der Waals surface area contributed by atoms with Gasteiger partial charge in [-0.1, -0.05) is 0 Å². The molecule has 4 aliphatic rings. The number of hydrogen-bond acceptors (Lipinski definition) is 8. The topological polar surface area (TPSA) is 118 Å². The Morgan fingerprint density at radius 3 is 2.69 bits per heavy atom. The fourth-order valence-corrected chi connectivity index (χ4v) is 6.06. The summed E-state index contributed by atoms with van der Waals surface area (Å²) in [5.41, 5.74) is -1.86. The van der Waals surface area contributed by atoms with Gasteiger partial charge >= 0.3 is 5.97 Å². The molecule has 5 atom stereocenters. The van der Waals surface area contributed by atoms with E-state index in [4.69, 9.17) is 14.2 Å². The number of aliphatic hydroxyl groups is 1. The van der Waals surface area contributed by atoms with Crippen LogP contribution in [0.25, 0.3) is 0 Å². The average molecular weight is 454 g/mol. The number of ether oxygens (including phenoxy) is 3. The molecule has 1 spiro atoms. The van der Waals surface area contributed by atoms with Crippen LogP contribution in [0.2, 0.25) is 0 Å². The van der Waals surface area contributed by atoms with Crippen LogP contribution in [0.3, 0.4) is 0 Å². The van der Waals surface area contributed by atoms with E-state index in [0.717, 1.165) is 13.1 Å². The number of amides is 2. The molecule has 4 heterocycles. The third-order valence-electron chi connectivity index (χ3n) is 7.45. The van der Waals surface area contributed by atoms with Crippen molar-refractivity contribution in [3.05, 3.63) is 0 Å². The van der Waals surface area contributed by atoms with Gasteiger partial charge in [0, 0.05) is 39.3 Å². The van der Waals surface area contributed by atoms with Crippen molar-refractivity contribution in [2.75, 3.05) is 59.2 Å². The van der Waals surface area contributed by atoms with Crippen molar-refractivity contribution in [1.82, 2.24) is 15.1 Å². The lowest BCUT2D eigenvalue weighted by atomic mass is 9.66. The Hall–Kier alpha value is -1.75. The van der Waals surface area contributed by atoms with Gasteiger partial charge in [-0.3, -0.25) is 19.3 Å². The molecule has 2 unspecified atom stereocenters. The maximum Gasteiger partial charge on any atom is 0.312 e. The lowest BCUT2D eigenvalue weighted by molar-refractivity contribution is -0.159. The zero-order valence-electron chi connectivity index (χ0n) is 19.0. The number of fused-ring (bicyclic) bond motifs is 1. The molecule has 2 bridgehead atoms. The van der Waals surface area contributed by atoms with Gasteiger partial charge in [-0.25, -0.2) is 0 Å². The van der Waals surface area contributed by atoms with E-state index in [2.05, 4.69) is 10.2 Å². The van der Waals surface area contributed by atoms with E-state index in [0.29, 0.717) is 45.6 Å². The number of esters is 1. The third-order valence-corrected chi connectivity index (χ3v) is 7.45. The molecule has 4 rings (SSSR count). The van der Waals surface area contributed by atoms with Crippen molar-refractivity contribution in [1.29, 1.82) is 0 Å². The fourth-order valence-electron chi connectivity index (χ4n) is 6.06. The molecule has 10 heteroatoms. The number of carbonyl (C=O) groups is 3. The van der Waals surface area contributed by atoms with E-state index >= 15 is 0 Å². The zero-order valence-corrected chi connectivity index (χ0v) is 19.0. The summed E-state index contributed by atoms with van der Waals surface area (Å²) in [4.78, 5) is 43.5. The lowest BCUT2D eigenvalue weighted by Crippen LogP contribution is -2.56. The summed E-state index contributed by atoms with van der Waals surface area (Å²) in [5, 5.41) is 12.3. The van der Waals surface area contributed by atoms with Crippen LogP contribution in [-0.4, -0.2) is 109 Å². The summed E-state index contributed by atoms with van der Waals surface area (Å²) < 4.78 is 17.1. The molecule has 4 fully saturated rings. The summed E-state index contributed by atoms with van der Waals surface area (Å²) in [5.74, 6) is -2.43. The molecule has 0 aromatic heterocycles. The second kappa shape index (κ2) is 9.24. The first kappa shape index (κ1) is 23.4. The van der Waals surface area contributed by atoms with Crippen molar-refractivity contribution in [2.45, 2.75) is 50.4 Å². The van der Waals surface area contributed by atoms with Gasteiger partial charge in [-0.15, -0.1) is 0 Å². The van der Waals surface area contributed by atoms with E-state index in [1.54, 1.807) is 6.92 Å². The summed E-state index contributed by atoms with van der Waals surface area (Å²) in [6.45, 7) is 8.14. The van der Waals surface area contributed by atoms with Crippen LogP contribution in [0.4, 0.5) is 0 Å². The molecule has 2 amide bonds. The molecule has 32 heavy (non-hydrogen) atoms. The summed E-state index contributed by atoms with van der Waals surface area (Å²) in [7, 11) is 0. The van der Waals surface area contributed by atoms with Gasteiger partial charge in [0.05, 0.1) is 31.3 Å². The Labute approximate surface area is 188 Å². The SMILES string of the molecule is CCOC(=O)[C@@H]1[C@H]2C(=O)N(CCCO)C(C(=O)NCCN3CCOCC3)C23CC[C@@]1(C)O3. The smallest absolute Gasteiger partial charge is 0.312 e. The standard InChI is InChI=1S/C22H35N3O7/c1-3-31-20(29)16-15-19(28)25(8-4-12-26)17(22(15)6-5-21(16,2)32-22)18(27)23-7-9-24-10-13-30-14-11-24/h15-17,26H,3-14H2,1-2H3,(H,23,27)/t15-,16-,17?,21+,22?/m0/s1. The van der Waals surface area contributed by atoms with Crippen LogP contribution in [-0.2, 0) is 28.6 Å². The Bertz CT molecular complexity index is 743. The number of nitrogens with one attached hydrogen (secondary N) is 1. The molecular formula is C22H35N3O7. The maximum absolute atomic E-state index is 13.5. The van der Waals surface area contributed by atoms with Gasteiger partial charge < -0.3 is 29.5 Å². The second-order valence-corrected chi connectivity index (χ2v) is 9.33. The number of aliphatic hydroxyl groups excluding tert-OH is 1. The summed E-state index contributed by atoms with van der Waals surface area (Å²) in [6.07, 6.45) is 1.48. The summed E-state index contributed by atoms with van der Waals surface area (Å²) >= 11 is 0. The number of nitrogens with zero attached hydrogens (tertiary/aromatic N) is 2. The number of likely N-dealkylation sites (tertiary alicyclic amines) is 1. The minimum atomic E-state index is -1.04. The first-order valence-corrected chi connectivity index (χ1v) is 11.7. The number of carbonyl (C=O) groups excluding carboxylic acids is 3. The van der Waals surface area contributed by atoms with Gasteiger partial charge in [0.2, 0.25) is 11.8 Å². The van der Waals surface area contributed by atoms with Crippen molar-refractivity contribution in [3.8, 4) is 0 Å². The Morgan fingerprint density at radius 1 is 1.25 bits per heavy atom. The number of rotatable bonds is 9. The highest BCUT2D eigenvalue weighted by Gasteiger charge is 2.78. The van der Waals surface area contributed by atoms with E-state index in [9.17, 15) is 19.5 Å². The van der Waals surface area contributed by atoms with Crippen LogP contribution in [0.15, 0.2) is 0 Å². The number of hydrogen-bond donors (Lipinski definition) is 2. The van der Waals surface area contributed by atoms with E-state index < -0.39 is 35.0 Å². The van der Waals surface area contributed by atoms with Gasteiger partial charge in [0.25, 0.3) is 0 Å². The molecule has 0 saturated carbocycles. The first-order valence-electron chi connectivity index (χ1n) is 11.7. The van der Waals surface area contributed by atoms with E-state index in [1.807, 2.05) is 6.92 Å². The minimum Gasteiger partial charge on any atom is -0.466 e. The normalized spacial score (nSPS) is 36.4. The van der Waals surface area contributed by atoms with Crippen LogP contribution in [0.5, 0.6) is 0 Å². The lowest BCUT2D eigenvalue weighted by Gasteiger charge is -2.33. The van der Waals surface area contributed by atoms with Crippen LogP contribution in [0.1, 0.15) is 33.1 Å².